The van der Waals surface area contributed by atoms with E-state index in [-0.39, 0.29) is 41.8 Å². The van der Waals surface area contributed by atoms with Crippen LogP contribution >= 0.6 is 0 Å². The van der Waals surface area contributed by atoms with Crippen molar-refractivity contribution in [1.29, 1.82) is 0 Å². The van der Waals surface area contributed by atoms with E-state index in [0.717, 1.165) is 0 Å². The largest absolute Gasteiger partial charge is 0.508 e. The topological polar surface area (TPSA) is 194 Å². The molecule has 4 atom stereocenters. The molecule has 5 aliphatic rings. The van der Waals surface area contributed by atoms with Crippen LogP contribution in [0.25, 0.3) is 5.76 Å². The van der Waals surface area contributed by atoms with Crippen LogP contribution in [0.1, 0.15) is 36.0 Å². The second-order valence-electron chi connectivity index (χ2n) is 11.7. The number of amides is 2. The monoisotopic (exact) mass is 556 g/mol. The van der Waals surface area contributed by atoms with Crippen LogP contribution < -0.4 is 11.1 Å². The summed E-state index contributed by atoms with van der Waals surface area (Å²) in [7, 11) is 4.69. The number of primary amides is 1. The smallest absolute Gasteiger partial charge is 0.255 e. The van der Waals surface area contributed by atoms with Gasteiger partial charge in [-0.05, 0) is 52.7 Å². The Morgan fingerprint density at radius 2 is 1.80 bits per heavy atom. The molecule has 1 aromatic carbocycles. The number of ketones is 2. The average Bonchev–Trinajstić information content (AvgIpc) is 3.69. The number of hydrogen-bond donors (Lipinski definition) is 6. The second-order valence-corrected chi connectivity index (χ2v) is 11.7. The molecule has 12 nitrogen and oxygen atoms in total. The van der Waals surface area contributed by atoms with Gasteiger partial charge in [0.1, 0.15) is 28.4 Å². The van der Waals surface area contributed by atoms with E-state index in [1.165, 1.54) is 19.0 Å². The van der Waals surface area contributed by atoms with E-state index in [1.54, 1.807) is 11.9 Å². The summed E-state index contributed by atoms with van der Waals surface area (Å²) >= 11 is 0. The number of hydrogen-bond acceptors (Lipinski definition) is 10. The van der Waals surface area contributed by atoms with Crippen LogP contribution in [0.2, 0.25) is 0 Å². The number of likely N-dealkylation sites (N-methyl/N-ethyl adjacent to an activating group) is 2. The van der Waals surface area contributed by atoms with Gasteiger partial charge in [0.15, 0.2) is 17.1 Å². The number of nitrogens with one attached hydrogen (secondary N) is 1. The predicted molar refractivity (Wildman–Crippen MR) is 136 cm³/mol. The van der Waals surface area contributed by atoms with Gasteiger partial charge in [-0.1, -0.05) is 0 Å². The van der Waals surface area contributed by atoms with E-state index < -0.39 is 86.6 Å². The van der Waals surface area contributed by atoms with Crippen LogP contribution in [0.4, 0.5) is 10.1 Å². The van der Waals surface area contributed by atoms with Crippen molar-refractivity contribution in [3.8, 4) is 5.75 Å². The first-order valence-corrected chi connectivity index (χ1v) is 12.9. The minimum Gasteiger partial charge on any atom is -0.508 e. The number of carbonyl (C=O) groups is 4. The third kappa shape index (κ3) is 3.05. The number of rotatable bonds is 2. The third-order valence-corrected chi connectivity index (χ3v) is 9.43. The van der Waals surface area contributed by atoms with Crippen LogP contribution in [0.3, 0.4) is 0 Å². The van der Waals surface area contributed by atoms with Crippen molar-refractivity contribution in [2.75, 3.05) is 26.5 Å². The zero-order chi connectivity index (χ0) is 29.2. The number of benzene rings is 1. The number of nitrogens with zero attached hydrogens (tertiary/aromatic N) is 2. The molecule has 0 bridgehead atoms. The quantitative estimate of drug-likeness (QED) is 0.214. The van der Waals surface area contributed by atoms with Crippen molar-refractivity contribution >= 4 is 34.8 Å². The maximum atomic E-state index is 16.2. The SMILES string of the molecule is CN(C)[C@@H]1C(=O)C(C(N)=O)=C(O)[C@@]2(O)C(=O)C3=C(O)c4c(O)c5c(c(F)c4C[C@H]3C[C@@H]12)CN(C)C1(CC1)C(=O)N5. The Morgan fingerprint density at radius 3 is 2.38 bits per heavy atom. The highest BCUT2D eigenvalue weighted by Gasteiger charge is 2.64. The van der Waals surface area contributed by atoms with Gasteiger partial charge >= 0.3 is 0 Å². The molecule has 0 aromatic heterocycles. The van der Waals surface area contributed by atoms with E-state index in [9.17, 15) is 39.6 Å². The maximum Gasteiger partial charge on any atom is 0.255 e. The first-order chi connectivity index (χ1) is 18.7. The average molecular weight is 557 g/mol. The molecule has 1 heterocycles. The first kappa shape index (κ1) is 26.4. The van der Waals surface area contributed by atoms with Crippen molar-refractivity contribution in [1.82, 2.24) is 9.80 Å². The molecule has 0 saturated heterocycles. The van der Waals surface area contributed by atoms with Gasteiger partial charge in [-0.25, -0.2) is 4.39 Å². The Labute approximate surface area is 227 Å². The Kier molecular flexibility index (Phi) is 5.36. The van der Waals surface area contributed by atoms with Crippen molar-refractivity contribution in [3.05, 3.63) is 39.4 Å². The van der Waals surface area contributed by atoms with Crippen LogP contribution in [-0.2, 0) is 32.1 Å². The standard InChI is InChI=1S/C27H29FN4O8/c1-31(2)18-12-7-9-6-10-14(19(33)13(9)22(36)27(12,40)23(37)15(21(18)35)24(29)38)20(34)17-11(16(10)28)8-32(3)26(4-5-26)25(39)30-17/h9,12,18,33-34,37,40H,4-8H2,1-3H3,(H2,29,38)(H,30,39)/t9-,12-,18-,27-/m0/s1. The normalized spacial score (nSPS) is 30.9. The van der Waals surface area contributed by atoms with Gasteiger partial charge in [0.05, 0.1) is 17.3 Å². The molecule has 1 aromatic rings. The lowest BCUT2D eigenvalue weighted by molar-refractivity contribution is -0.153. The Hall–Kier alpha value is -3.81. The number of anilines is 1. The minimum absolute atomic E-state index is 0.00974. The molecule has 0 unspecified atom stereocenters. The summed E-state index contributed by atoms with van der Waals surface area (Å²) in [6.45, 7) is 0.00974. The predicted octanol–water partition coefficient (Wildman–Crippen LogP) is 0.0196. The molecule has 1 aliphatic heterocycles. The van der Waals surface area contributed by atoms with E-state index >= 15 is 4.39 Å². The van der Waals surface area contributed by atoms with E-state index in [2.05, 4.69) is 5.32 Å². The van der Waals surface area contributed by atoms with Crippen molar-refractivity contribution in [2.24, 2.45) is 17.6 Å². The van der Waals surface area contributed by atoms with Gasteiger partial charge in [-0.15, -0.1) is 0 Å². The number of aliphatic hydroxyl groups excluding tert-OH is 2. The molecule has 6 rings (SSSR count). The Balaban J connectivity index is 1.55. The van der Waals surface area contributed by atoms with Crippen molar-refractivity contribution in [2.45, 2.75) is 49.4 Å². The third-order valence-electron chi connectivity index (χ3n) is 9.43. The van der Waals surface area contributed by atoms with E-state index in [4.69, 9.17) is 5.73 Å². The number of aliphatic hydroxyl groups is 3. The van der Waals surface area contributed by atoms with Gasteiger partial charge < -0.3 is 31.5 Å². The summed E-state index contributed by atoms with van der Waals surface area (Å²) in [5.74, 6) is -9.38. The number of fused-ring (bicyclic) bond motifs is 4. The molecular weight excluding hydrogens is 527 g/mol. The number of carbonyl (C=O) groups excluding carboxylic acids is 4. The number of nitrogens with two attached hydrogens (primary N) is 1. The molecule has 0 radical (unpaired) electrons. The van der Waals surface area contributed by atoms with Crippen LogP contribution in [0.15, 0.2) is 16.9 Å². The number of Topliss-reactive ketones (excluding diaryl/α,β-unsaturated/α-hetero) is 2. The van der Waals surface area contributed by atoms with Crippen LogP contribution in [0, 0.1) is 17.7 Å². The first-order valence-electron chi connectivity index (χ1n) is 12.9. The van der Waals surface area contributed by atoms with E-state index in [1.807, 2.05) is 0 Å². The fraction of sp³-hybridized carbons (Fsp3) is 0.481. The zero-order valence-electron chi connectivity index (χ0n) is 22.0. The lowest BCUT2D eigenvalue weighted by Crippen LogP contribution is -2.65. The number of phenols is 1. The van der Waals surface area contributed by atoms with Gasteiger partial charge in [0, 0.05) is 29.2 Å². The highest BCUT2D eigenvalue weighted by atomic mass is 19.1. The van der Waals surface area contributed by atoms with Crippen LogP contribution in [-0.4, -0.2) is 91.9 Å². The fourth-order valence-corrected chi connectivity index (χ4v) is 7.19. The summed E-state index contributed by atoms with van der Waals surface area (Å²) < 4.78 is 16.2. The molecule has 2 amide bonds. The summed E-state index contributed by atoms with van der Waals surface area (Å²) in [4.78, 5) is 55.3. The molecule has 4 aliphatic carbocycles. The maximum absolute atomic E-state index is 16.2. The molecule has 1 spiro atoms. The molecule has 212 valence electrons. The molecule has 13 heteroatoms. The van der Waals surface area contributed by atoms with E-state index in [0.29, 0.717) is 12.8 Å². The lowest BCUT2D eigenvalue weighted by Gasteiger charge is -2.50. The second kappa shape index (κ2) is 8.12. The molecule has 7 N–H and O–H groups in total. The lowest BCUT2D eigenvalue weighted by atomic mass is 9.57. The Morgan fingerprint density at radius 1 is 1.15 bits per heavy atom. The zero-order valence-corrected chi connectivity index (χ0v) is 22.0. The van der Waals surface area contributed by atoms with Gasteiger partial charge in [-0.3, -0.25) is 29.0 Å². The fourth-order valence-electron chi connectivity index (χ4n) is 7.19. The molecule has 40 heavy (non-hydrogen) atoms. The van der Waals surface area contributed by atoms with Gasteiger partial charge in [0.2, 0.25) is 11.7 Å². The molecule has 2 saturated carbocycles. The summed E-state index contributed by atoms with van der Waals surface area (Å²) in [5.41, 5.74) is -0.241. The van der Waals surface area contributed by atoms with Crippen molar-refractivity contribution < 1.29 is 44.0 Å². The van der Waals surface area contributed by atoms with Crippen molar-refractivity contribution in [3.63, 3.8) is 0 Å². The van der Waals surface area contributed by atoms with Gasteiger partial charge in [0.25, 0.3) is 5.91 Å². The highest BCUT2D eigenvalue weighted by Crippen LogP contribution is 2.55. The number of halogens is 1. The summed E-state index contributed by atoms with van der Waals surface area (Å²) in [6, 6.07) is -1.23. The van der Waals surface area contributed by atoms with Crippen LogP contribution in [0.5, 0.6) is 5.75 Å². The number of aromatic hydroxyl groups is 1. The molecular formula is C27H29FN4O8. The van der Waals surface area contributed by atoms with Gasteiger partial charge in [-0.2, -0.15) is 0 Å². The molecule has 2 fully saturated rings. The highest BCUT2D eigenvalue weighted by molar-refractivity contribution is 6.24. The summed E-state index contributed by atoms with van der Waals surface area (Å²) in [6.07, 6.45) is 0.799. The minimum atomic E-state index is -2.79. The Bertz CT molecular complexity index is 1530. The summed E-state index contributed by atoms with van der Waals surface area (Å²) in [5, 5.41) is 47.8. The number of phenolic OH excluding ortho intramolecular Hbond substituents is 1.